The van der Waals surface area contributed by atoms with E-state index in [9.17, 15) is 0 Å². The Morgan fingerprint density at radius 3 is 1.50 bits per heavy atom. The molecule has 56 valence electrons. The van der Waals surface area contributed by atoms with Crippen molar-refractivity contribution in [3.05, 3.63) is 22.2 Å². The second kappa shape index (κ2) is 3.36. The van der Waals surface area contributed by atoms with Crippen molar-refractivity contribution in [2.75, 3.05) is 0 Å². The van der Waals surface area contributed by atoms with Gasteiger partial charge in [-0.25, -0.2) is 0 Å². The van der Waals surface area contributed by atoms with E-state index in [1.165, 1.54) is 0 Å². The van der Waals surface area contributed by atoms with Gasteiger partial charge in [-0.3, -0.25) is 0 Å². The highest BCUT2D eigenvalue weighted by atomic mass is 35.5. The summed E-state index contributed by atoms with van der Waals surface area (Å²) in [5.74, 6) is 0. The zero-order valence-electron chi connectivity index (χ0n) is 4.82. The third-order valence-electron chi connectivity index (χ3n) is 1.14. The second-order valence-corrected chi connectivity index (χ2v) is 3.72. The van der Waals surface area contributed by atoms with Crippen LogP contribution in [0, 0.1) is 0 Å². The number of alkyl halides is 2. The third kappa shape index (κ3) is 1.82. The fourth-order valence-electron chi connectivity index (χ4n) is 0.623. The molecule has 0 N–H and O–H groups in total. The lowest BCUT2D eigenvalue weighted by atomic mass is 10.2. The normalized spacial score (nSPS) is 33.2. The Labute approximate surface area is 79.4 Å². The van der Waals surface area contributed by atoms with E-state index in [1.807, 2.05) is 0 Å². The van der Waals surface area contributed by atoms with E-state index in [0.717, 1.165) is 0 Å². The highest BCUT2D eigenvalue weighted by molar-refractivity contribution is 6.43. The lowest BCUT2D eigenvalue weighted by molar-refractivity contribution is 1.19. The van der Waals surface area contributed by atoms with Gasteiger partial charge < -0.3 is 0 Å². The molecule has 1 aliphatic carbocycles. The van der Waals surface area contributed by atoms with Crippen LogP contribution in [-0.2, 0) is 0 Å². The van der Waals surface area contributed by atoms with Crippen LogP contribution in [0.25, 0.3) is 0 Å². The highest BCUT2D eigenvalue weighted by Crippen LogP contribution is 2.29. The molecule has 0 fully saturated rings. The van der Waals surface area contributed by atoms with Crippen LogP contribution in [0.3, 0.4) is 0 Å². The summed E-state index contributed by atoms with van der Waals surface area (Å²) in [7, 11) is 0. The maximum atomic E-state index is 5.71. The van der Waals surface area contributed by atoms with Crippen LogP contribution in [0.2, 0.25) is 0 Å². The van der Waals surface area contributed by atoms with Crippen molar-refractivity contribution in [2.24, 2.45) is 0 Å². The van der Waals surface area contributed by atoms with Crippen LogP contribution < -0.4 is 0 Å². The molecule has 0 spiro atoms. The highest BCUT2D eigenvalue weighted by Gasteiger charge is 2.17. The number of hydrogen-bond donors (Lipinski definition) is 0. The quantitative estimate of drug-likeness (QED) is 0.546. The number of hydrogen-bond acceptors (Lipinski definition) is 0. The maximum absolute atomic E-state index is 5.71. The first-order valence-corrected chi connectivity index (χ1v) is 4.26. The molecule has 0 aromatic rings. The van der Waals surface area contributed by atoms with Crippen molar-refractivity contribution >= 4 is 46.4 Å². The van der Waals surface area contributed by atoms with Crippen molar-refractivity contribution in [3.8, 4) is 0 Å². The van der Waals surface area contributed by atoms with Crippen molar-refractivity contribution in [3.63, 3.8) is 0 Å². The maximum Gasteiger partial charge on any atom is 0.0884 e. The first-order valence-electron chi connectivity index (χ1n) is 2.64. The van der Waals surface area contributed by atoms with Crippen LogP contribution >= 0.6 is 46.4 Å². The zero-order chi connectivity index (χ0) is 7.72. The lowest BCUT2D eigenvalue weighted by Gasteiger charge is -2.13. The minimum Gasteiger partial charge on any atom is -0.112 e. The first kappa shape index (κ1) is 8.73. The number of rotatable bonds is 0. The summed E-state index contributed by atoms with van der Waals surface area (Å²) >= 11 is 22.8. The van der Waals surface area contributed by atoms with Gasteiger partial charge in [-0.15, -0.1) is 23.2 Å². The molecule has 0 nitrogen and oxygen atoms in total. The Morgan fingerprint density at radius 2 is 1.20 bits per heavy atom. The van der Waals surface area contributed by atoms with Gasteiger partial charge in [-0.05, 0) is 12.2 Å². The Morgan fingerprint density at radius 1 is 0.900 bits per heavy atom. The average Bonchev–Trinajstić information content (AvgIpc) is 1.84. The molecule has 0 aliphatic heterocycles. The standard InChI is InChI=1S/C6H4Cl4/c7-3-1-4(8)6(10)2-5(3)9/h1-3,6H. The molecule has 0 bridgehead atoms. The predicted molar refractivity (Wildman–Crippen MR) is 47.2 cm³/mol. The molecule has 1 rings (SSSR count). The zero-order valence-corrected chi connectivity index (χ0v) is 7.84. The Balaban J connectivity index is 2.81. The van der Waals surface area contributed by atoms with Crippen LogP contribution in [-0.4, -0.2) is 10.8 Å². The predicted octanol–water partition coefficient (Wildman–Crippen LogP) is 3.46. The Kier molecular flexibility index (Phi) is 2.93. The van der Waals surface area contributed by atoms with E-state index in [4.69, 9.17) is 46.4 Å². The topological polar surface area (TPSA) is 0 Å². The SMILES string of the molecule is ClC1=CC(Cl)C(Cl)=CC1Cl. The molecule has 0 heterocycles. The van der Waals surface area contributed by atoms with E-state index < -0.39 is 0 Å². The van der Waals surface area contributed by atoms with Crippen LogP contribution in [0.4, 0.5) is 0 Å². The van der Waals surface area contributed by atoms with Crippen LogP contribution in [0.5, 0.6) is 0 Å². The molecule has 0 aromatic heterocycles. The largest absolute Gasteiger partial charge is 0.112 e. The van der Waals surface area contributed by atoms with Gasteiger partial charge in [0.25, 0.3) is 0 Å². The van der Waals surface area contributed by atoms with E-state index in [1.54, 1.807) is 12.2 Å². The minimum absolute atomic E-state index is 0.316. The van der Waals surface area contributed by atoms with Crippen LogP contribution in [0.15, 0.2) is 22.2 Å². The molecule has 2 unspecified atom stereocenters. The minimum atomic E-state index is -0.316. The molecule has 0 saturated heterocycles. The molecule has 0 saturated carbocycles. The molecule has 0 radical (unpaired) electrons. The van der Waals surface area contributed by atoms with E-state index in [0.29, 0.717) is 10.1 Å². The Bertz CT molecular complexity index is 172. The van der Waals surface area contributed by atoms with Crippen molar-refractivity contribution in [1.82, 2.24) is 0 Å². The van der Waals surface area contributed by atoms with Gasteiger partial charge in [0.05, 0.1) is 10.8 Å². The monoisotopic (exact) mass is 216 g/mol. The van der Waals surface area contributed by atoms with Gasteiger partial charge in [0.2, 0.25) is 0 Å². The van der Waals surface area contributed by atoms with Crippen molar-refractivity contribution in [2.45, 2.75) is 10.8 Å². The van der Waals surface area contributed by atoms with Gasteiger partial charge in [0.1, 0.15) is 0 Å². The fourth-order valence-corrected chi connectivity index (χ4v) is 1.55. The summed E-state index contributed by atoms with van der Waals surface area (Å²) in [4.78, 5) is 0. The van der Waals surface area contributed by atoms with Gasteiger partial charge in [0.15, 0.2) is 0 Å². The number of halogens is 4. The average molecular weight is 218 g/mol. The summed E-state index contributed by atoms with van der Waals surface area (Å²) in [6.07, 6.45) is 3.26. The summed E-state index contributed by atoms with van der Waals surface area (Å²) in [6.45, 7) is 0. The lowest BCUT2D eigenvalue weighted by Crippen LogP contribution is -2.07. The van der Waals surface area contributed by atoms with Gasteiger partial charge in [-0.2, -0.15) is 0 Å². The fraction of sp³-hybridized carbons (Fsp3) is 0.333. The molecule has 10 heavy (non-hydrogen) atoms. The van der Waals surface area contributed by atoms with Gasteiger partial charge >= 0.3 is 0 Å². The molecule has 1 aliphatic rings. The second-order valence-electron chi connectivity index (χ2n) is 1.91. The van der Waals surface area contributed by atoms with E-state index in [2.05, 4.69) is 0 Å². The Hall–Kier alpha value is 0.640. The summed E-state index contributed by atoms with van der Waals surface area (Å²) in [5.41, 5.74) is 0. The van der Waals surface area contributed by atoms with Gasteiger partial charge in [-0.1, -0.05) is 23.2 Å². The third-order valence-corrected chi connectivity index (χ3v) is 2.81. The van der Waals surface area contributed by atoms with Crippen molar-refractivity contribution < 1.29 is 0 Å². The molecular formula is C6H4Cl4. The first-order chi connectivity index (χ1) is 4.61. The molecule has 2 atom stereocenters. The number of allylic oxidation sites excluding steroid dienone is 4. The van der Waals surface area contributed by atoms with E-state index in [-0.39, 0.29) is 10.8 Å². The van der Waals surface area contributed by atoms with Crippen LogP contribution in [0.1, 0.15) is 0 Å². The molecule has 0 aromatic carbocycles. The summed E-state index contributed by atoms with van der Waals surface area (Å²) in [5, 5.41) is 0.436. The van der Waals surface area contributed by atoms with Gasteiger partial charge in [0, 0.05) is 10.1 Å². The summed E-state index contributed by atoms with van der Waals surface area (Å²) < 4.78 is 0. The van der Waals surface area contributed by atoms with E-state index >= 15 is 0 Å². The molecule has 0 amide bonds. The molecule has 4 heteroatoms. The van der Waals surface area contributed by atoms with Crippen molar-refractivity contribution in [1.29, 1.82) is 0 Å². The molecular weight excluding hydrogens is 214 g/mol. The summed E-state index contributed by atoms with van der Waals surface area (Å²) in [6, 6.07) is 0. The smallest absolute Gasteiger partial charge is 0.0884 e.